The zero-order chi connectivity index (χ0) is 15.4. The lowest BCUT2D eigenvalue weighted by Crippen LogP contribution is -2.29. The summed E-state index contributed by atoms with van der Waals surface area (Å²) in [6, 6.07) is -0.691. The Hall–Kier alpha value is -2.12. The van der Waals surface area contributed by atoms with Gasteiger partial charge in [-0.3, -0.25) is 10.1 Å². The van der Waals surface area contributed by atoms with Crippen LogP contribution in [-0.4, -0.2) is 33.3 Å². The molecular weight excluding hydrogens is 264 g/mol. The predicted octanol–water partition coefficient (Wildman–Crippen LogP) is 1.82. The molecule has 112 valence electrons. The number of nitrogens with zero attached hydrogens (tertiary/aromatic N) is 3. The molecule has 0 aliphatic carbocycles. The van der Waals surface area contributed by atoms with Crippen molar-refractivity contribution < 1.29 is 14.5 Å². The van der Waals surface area contributed by atoms with Crippen molar-refractivity contribution >= 4 is 17.5 Å². The van der Waals surface area contributed by atoms with Crippen molar-refractivity contribution in [2.24, 2.45) is 7.05 Å². The molecule has 8 nitrogen and oxygen atoms in total. The molecule has 0 fully saturated rings. The number of carbonyl (C=O) groups excluding carboxylic acids is 1. The van der Waals surface area contributed by atoms with E-state index in [0.717, 1.165) is 0 Å². The molecule has 1 unspecified atom stereocenters. The number of esters is 1. The fourth-order valence-corrected chi connectivity index (χ4v) is 1.80. The van der Waals surface area contributed by atoms with Crippen molar-refractivity contribution in [3.8, 4) is 0 Å². The third-order valence-electron chi connectivity index (χ3n) is 2.77. The molecule has 1 aromatic rings. The third kappa shape index (κ3) is 3.25. The van der Waals surface area contributed by atoms with E-state index in [1.54, 1.807) is 20.9 Å². The molecule has 8 heteroatoms. The summed E-state index contributed by atoms with van der Waals surface area (Å²) < 4.78 is 6.25. The van der Waals surface area contributed by atoms with E-state index < -0.39 is 16.9 Å². The minimum absolute atomic E-state index is 0.0879. The first-order chi connectivity index (χ1) is 9.29. The molecule has 20 heavy (non-hydrogen) atoms. The first-order valence-corrected chi connectivity index (χ1v) is 6.44. The highest BCUT2D eigenvalue weighted by Crippen LogP contribution is 2.33. The Balaban J connectivity index is 3.12. The number of aryl methyl sites for hydroxylation is 1. The molecule has 0 aliphatic rings. The second-order valence-electron chi connectivity index (χ2n) is 4.74. The van der Waals surface area contributed by atoms with Crippen molar-refractivity contribution in [1.29, 1.82) is 0 Å². The zero-order valence-electron chi connectivity index (χ0n) is 12.3. The summed E-state index contributed by atoms with van der Waals surface area (Å²) >= 11 is 0. The number of hydrogen-bond donors (Lipinski definition) is 1. The van der Waals surface area contributed by atoms with E-state index in [-0.39, 0.29) is 24.0 Å². The van der Waals surface area contributed by atoms with Gasteiger partial charge in [0.1, 0.15) is 11.7 Å². The topological polar surface area (TPSA) is 99.3 Å². The van der Waals surface area contributed by atoms with E-state index in [1.165, 1.54) is 4.68 Å². The summed E-state index contributed by atoms with van der Waals surface area (Å²) in [4.78, 5) is 22.3. The number of carbonyl (C=O) groups is 1. The van der Waals surface area contributed by atoms with Crippen LogP contribution >= 0.6 is 0 Å². The molecule has 1 rings (SSSR count). The minimum Gasteiger partial charge on any atom is -0.464 e. The SMILES string of the molecule is CCOC(=O)C(C)Nc1c([N+](=O)[O-])c(C(C)C)nn1C. The number of nitrogens with one attached hydrogen (secondary N) is 1. The lowest BCUT2D eigenvalue weighted by molar-refractivity contribution is -0.384. The van der Waals surface area contributed by atoms with Crippen LogP contribution in [-0.2, 0) is 16.6 Å². The van der Waals surface area contributed by atoms with Gasteiger partial charge in [-0.2, -0.15) is 5.10 Å². The predicted molar refractivity (Wildman–Crippen MR) is 73.7 cm³/mol. The highest BCUT2D eigenvalue weighted by molar-refractivity contribution is 5.79. The van der Waals surface area contributed by atoms with Crippen LogP contribution in [0.4, 0.5) is 11.5 Å². The van der Waals surface area contributed by atoms with E-state index in [4.69, 9.17) is 4.74 Å². The highest BCUT2D eigenvalue weighted by atomic mass is 16.6. The summed E-state index contributed by atoms with van der Waals surface area (Å²) in [7, 11) is 1.60. The number of ether oxygens (including phenoxy) is 1. The van der Waals surface area contributed by atoms with Crippen molar-refractivity contribution in [2.75, 3.05) is 11.9 Å². The van der Waals surface area contributed by atoms with Crippen molar-refractivity contribution in [3.05, 3.63) is 15.8 Å². The Kier molecular flexibility index (Phi) is 5.06. The average molecular weight is 284 g/mol. The molecule has 0 aromatic carbocycles. The number of nitro groups is 1. The third-order valence-corrected chi connectivity index (χ3v) is 2.77. The number of aromatic nitrogens is 2. The van der Waals surface area contributed by atoms with Crippen molar-refractivity contribution in [2.45, 2.75) is 39.7 Å². The quantitative estimate of drug-likeness (QED) is 0.486. The Morgan fingerprint density at radius 3 is 2.55 bits per heavy atom. The molecular formula is C12H20N4O4. The van der Waals surface area contributed by atoms with E-state index in [1.807, 2.05) is 13.8 Å². The van der Waals surface area contributed by atoms with Gasteiger partial charge in [-0.05, 0) is 13.8 Å². The fourth-order valence-electron chi connectivity index (χ4n) is 1.80. The van der Waals surface area contributed by atoms with Crippen LogP contribution in [0.1, 0.15) is 39.3 Å². The van der Waals surface area contributed by atoms with Crippen LogP contribution in [0.3, 0.4) is 0 Å². The lowest BCUT2D eigenvalue weighted by Gasteiger charge is -2.13. The summed E-state index contributed by atoms with van der Waals surface area (Å²) in [5, 5.41) is 18.2. The molecule has 1 N–H and O–H groups in total. The second-order valence-corrected chi connectivity index (χ2v) is 4.74. The first kappa shape index (κ1) is 15.9. The van der Waals surface area contributed by atoms with E-state index >= 15 is 0 Å². The van der Waals surface area contributed by atoms with Gasteiger partial charge in [0, 0.05) is 13.0 Å². The molecule has 0 radical (unpaired) electrons. The Labute approximate surface area is 117 Å². The fraction of sp³-hybridized carbons (Fsp3) is 0.667. The monoisotopic (exact) mass is 284 g/mol. The van der Waals surface area contributed by atoms with Gasteiger partial charge in [0.05, 0.1) is 11.5 Å². The van der Waals surface area contributed by atoms with Crippen LogP contribution < -0.4 is 5.32 Å². The average Bonchev–Trinajstić information content (AvgIpc) is 2.67. The summed E-state index contributed by atoms with van der Waals surface area (Å²) in [5.74, 6) is -0.344. The van der Waals surface area contributed by atoms with Gasteiger partial charge in [0.25, 0.3) is 0 Å². The maximum Gasteiger partial charge on any atom is 0.334 e. The molecule has 0 bridgehead atoms. The first-order valence-electron chi connectivity index (χ1n) is 6.44. The van der Waals surface area contributed by atoms with Gasteiger partial charge in [-0.25, -0.2) is 9.48 Å². The van der Waals surface area contributed by atoms with Gasteiger partial charge in [0.15, 0.2) is 0 Å². The van der Waals surface area contributed by atoms with Gasteiger partial charge in [0.2, 0.25) is 5.82 Å². The largest absolute Gasteiger partial charge is 0.464 e. The molecule has 0 spiro atoms. The van der Waals surface area contributed by atoms with Crippen LogP contribution in [0.5, 0.6) is 0 Å². The number of anilines is 1. The van der Waals surface area contributed by atoms with E-state index in [0.29, 0.717) is 5.69 Å². The van der Waals surface area contributed by atoms with Crippen LogP contribution in [0.2, 0.25) is 0 Å². The van der Waals surface area contributed by atoms with Gasteiger partial charge in [-0.1, -0.05) is 13.8 Å². The van der Waals surface area contributed by atoms with Crippen LogP contribution in [0.15, 0.2) is 0 Å². The summed E-state index contributed by atoms with van der Waals surface area (Å²) in [6.07, 6.45) is 0. The lowest BCUT2D eigenvalue weighted by atomic mass is 10.1. The van der Waals surface area contributed by atoms with Crippen LogP contribution in [0.25, 0.3) is 0 Å². The zero-order valence-corrected chi connectivity index (χ0v) is 12.3. The molecule has 0 saturated heterocycles. The maximum absolute atomic E-state index is 11.6. The maximum atomic E-state index is 11.6. The number of rotatable bonds is 6. The molecule has 0 amide bonds. The summed E-state index contributed by atoms with van der Waals surface area (Å²) in [6.45, 7) is 7.20. The Bertz CT molecular complexity index is 510. The Morgan fingerprint density at radius 2 is 2.10 bits per heavy atom. The normalized spacial score (nSPS) is 12.3. The molecule has 1 aromatic heterocycles. The van der Waals surface area contributed by atoms with Crippen LogP contribution in [0, 0.1) is 10.1 Å². The van der Waals surface area contributed by atoms with E-state index in [9.17, 15) is 14.9 Å². The molecule has 1 heterocycles. The van der Waals surface area contributed by atoms with Crippen molar-refractivity contribution in [3.63, 3.8) is 0 Å². The van der Waals surface area contributed by atoms with Crippen molar-refractivity contribution in [1.82, 2.24) is 9.78 Å². The number of hydrogen-bond acceptors (Lipinski definition) is 6. The molecule has 0 saturated carbocycles. The van der Waals surface area contributed by atoms with E-state index in [2.05, 4.69) is 10.4 Å². The highest BCUT2D eigenvalue weighted by Gasteiger charge is 2.30. The molecule has 1 atom stereocenters. The van der Waals surface area contributed by atoms with Gasteiger partial charge in [-0.15, -0.1) is 0 Å². The Morgan fingerprint density at radius 1 is 1.50 bits per heavy atom. The smallest absolute Gasteiger partial charge is 0.334 e. The van der Waals surface area contributed by atoms with Gasteiger partial charge >= 0.3 is 11.7 Å². The standard InChI is InChI=1S/C12H20N4O4/c1-6-20-12(17)8(4)13-11-10(16(18)19)9(7(2)3)14-15(11)5/h7-8,13H,6H2,1-5H3. The molecule has 0 aliphatic heterocycles. The summed E-state index contributed by atoms with van der Waals surface area (Å²) in [5.41, 5.74) is 0.287. The second kappa shape index (κ2) is 6.36. The van der Waals surface area contributed by atoms with Gasteiger partial charge < -0.3 is 10.1 Å². The minimum atomic E-state index is -0.691.